The molecular formula is C21H28. The first-order valence-corrected chi connectivity index (χ1v) is 8.28. The zero-order chi connectivity index (χ0) is 15.1. The molecule has 2 aromatic carbocycles. The minimum atomic E-state index is 0.711. The monoisotopic (exact) mass is 280 g/mol. The van der Waals surface area contributed by atoms with Gasteiger partial charge in [-0.25, -0.2) is 0 Å². The summed E-state index contributed by atoms with van der Waals surface area (Å²) < 4.78 is 0. The summed E-state index contributed by atoms with van der Waals surface area (Å²) in [5.74, 6) is 2.23. The highest BCUT2D eigenvalue weighted by molar-refractivity contribution is 5.17. The molecule has 0 aliphatic rings. The highest BCUT2D eigenvalue weighted by Crippen LogP contribution is 2.30. The van der Waals surface area contributed by atoms with E-state index in [1.54, 1.807) is 0 Å². The molecule has 0 saturated heterocycles. The third kappa shape index (κ3) is 4.74. The van der Waals surface area contributed by atoms with Gasteiger partial charge >= 0.3 is 0 Å². The Morgan fingerprint density at radius 3 is 1.62 bits per heavy atom. The van der Waals surface area contributed by atoms with Gasteiger partial charge in [-0.3, -0.25) is 0 Å². The summed E-state index contributed by atoms with van der Waals surface area (Å²) in [4.78, 5) is 0. The standard InChI is InChI=1S/C21H28/c1-4-17(2)21(16-20-13-9-6-10-14-20)18(3)15-19-11-7-5-8-12-19/h5-14,17-18,21H,4,15-16H2,1-3H3. The highest BCUT2D eigenvalue weighted by Gasteiger charge is 2.23. The fraction of sp³-hybridized carbons (Fsp3) is 0.429. The third-order valence-corrected chi connectivity index (χ3v) is 4.82. The molecule has 0 nitrogen and oxygen atoms in total. The average molecular weight is 280 g/mol. The molecule has 0 N–H and O–H groups in total. The Kier molecular flexibility index (Phi) is 6.04. The van der Waals surface area contributed by atoms with Crippen molar-refractivity contribution in [1.29, 1.82) is 0 Å². The molecule has 0 heteroatoms. The Morgan fingerprint density at radius 2 is 1.14 bits per heavy atom. The lowest BCUT2D eigenvalue weighted by Crippen LogP contribution is -2.23. The maximum absolute atomic E-state index is 2.42. The molecule has 0 spiro atoms. The second-order valence-electron chi connectivity index (χ2n) is 6.41. The Morgan fingerprint density at radius 1 is 0.667 bits per heavy atom. The molecule has 3 unspecified atom stereocenters. The summed E-state index contributed by atoms with van der Waals surface area (Å²) >= 11 is 0. The Labute approximate surface area is 130 Å². The summed E-state index contributed by atoms with van der Waals surface area (Å²) in [6.07, 6.45) is 3.64. The van der Waals surface area contributed by atoms with Gasteiger partial charge in [0.05, 0.1) is 0 Å². The first-order valence-electron chi connectivity index (χ1n) is 8.28. The maximum atomic E-state index is 2.42. The number of hydrogen-bond donors (Lipinski definition) is 0. The minimum absolute atomic E-state index is 0.711. The van der Waals surface area contributed by atoms with Crippen molar-refractivity contribution in [2.75, 3.05) is 0 Å². The van der Waals surface area contributed by atoms with Crippen molar-refractivity contribution in [3.63, 3.8) is 0 Å². The minimum Gasteiger partial charge on any atom is -0.0651 e. The quantitative estimate of drug-likeness (QED) is 0.604. The molecule has 2 rings (SSSR count). The van der Waals surface area contributed by atoms with E-state index in [0.717, 1.165) is 11.8 Å². The molecule has 0 aliphatic heterocycles. The van der Waals surface area contributed by atoms with E-state index in [4.69, 9.17) is 0 Å². The molecule has 2 aromatic rings. The second-order valence-corrected chi connectivity index (χ2v) is 6.41. The Bertz CT molecular complexity index is 500. The topological polar surface area (TPSA) is 0 Å². The Balaban J connectivity index is 2.08. The van der Waals surface area contributed by atoms with E-state index in [9.17, 15) is 0 Å². The van der Waals surface area contributed by atoms with E-state index in [1.807, 2.05) is 0 Å². The van der Waals surface area contributed by atoms with Crippen molar-refractivity contribution in [2.45, 2.75) is 40.0 Å². The number of benzene rings is 2. The SMILES string of the molecule is CCC(C)C(Cc1ccccc1)C(C)Cc1ccccc1. The summed E-state index contributed by atoms with van der Waals surface area (Å²) in [5.41, 5.74) is 2.94. The second kappa shape index (κ2) is 8.02. The molecule has 0 aliphatic carbocycles. The number of rotatable bonds is 7. The summed E-state index contributed by atoms with van der Waals surface area (Å²) in [7, 11) is 0. The largest absolute Gasteiger partial charge is 0.0651 e. The van der Waals surface area contributed by atoms with Crippen molar-refractivity contribution in [2.24, 2.45) is 17.8 Å². The fourth-order valence-corrected chi connectivity index (χ4v) is 3.29. The van der Waals surface area contributed by atoms with E-state index < -0.39 is 0 Å². The first-order chi connectivity index (χ1) is 10.2. The highest BCUT2D eigenvalue weighted by atomic mass is 14.3. The summed E-state index contributed by atoms with van der Waals surface area (Å²) in [6, 6.07) is 21.9. The maximum Gasteiger partial charge on any atom is -0.0245 e. The predicted octanol–water partition coefficient (Wildman–Crippen LogP) is 5.77. The summed E-state index contributed by atoms with van der Waals surface area (Å²) in [6.45, 7) is 7.15. The van der Waals surface area contributed by atoms with Gasteiger partial charge in [0.25, 0.3) is 0 Å². The summed E-state index contributed by atoms with van der Waals surface area (Å²) in [5, 5.41) is 0. The van der Waals surface area contributed by atoms with Gasteiger partial charge in [0.1, 0.15) is 0 Å². The molecule has 0 amide bonds. The molecular weight excluding hydrogens is 252 g/mol. The number of hydrogen-bond acceptors (Lipinski definition) is 0. The van der Waals surface area contributed by atoms with E-state index >= 15 is 0 Å². The van der Waals surface area contributed by atoms with Gasteiger partial charge in [-0.15, -0.1) is 0 Å². The van der Waals surface area contributed by atoms with Crippen LogP contribution in [0.4, 0.5) is 0 Å². The smallest absolute Gasteiger partial charge is 0.0245 e. The first kappa shape index (κ1) is 15.8. The van der Waals surface area contributed by atoms with Gasteiger partial charge in [0.2, 0.25) is 0 Å². The third-order valence-electron chi connectivity index (χ3n) is 4.82. The van der Waals surface area contributed by atoms with Gasteiger partial charge in [-0.2, -0.15) is 0 Å². The van der Waals surface area contributed by atoms with Crippen molar-refractivity contribution in [1.82, 2.24) is 0 Å². The molecule has 3 atom stereocenters. The molecule has 0 saturated carbocycles. The van der Waals surface area contributed by atoms with Crippen LogP contribution in [-0.4, -0.2) is 0 Å². The van der Waals surface area contributed by atoms with Crippen LogP contribution in [0, 0.1) is 17.8 Å². The molecule has 0 radical (unpaired) electrons. The van der Waals surface area contributed by atoms with Crippen LogP contribution in [0.25, 0.3) is 0 Å². The molecule has 0 fully saturated rings. The van der Waals surface area contributed by atoms with Crippen molar-refractivity contribution in [3.8, 4) is 0 Å². The zero-order valence-electron chi connectivity index (χ0n) is 13.6. The molecule has 0 heterocycles. The van der Waals surface area contributed by atoms with Gasteiger partial charge in [0.15, 0.2) is 0 Å². The normalized spacial score (nSPS) is 15.4. The lowest BCUT2D eigenvalue weighted by Gasteiger charge is -2.29. The van der Waals surface area contributed by atoms with Crippen LogP contribution in [0.1, 0.15) is 38.3 Å². The van der Waals surface area contributed by atoms with Gasteiger partial charge in [0, 0.05) is 0 Å². The lowest BCUT2D eigenvalue weighted by molar-refractivity contribution is 0.245. The van der Waals surface area contributed by atoms with Crippen LogP contribution in [0.15, 0.2) is 60.7 Å². The van der Waals surface area contributed by atoms with Crippen molar-refractivity contribution in [3.05, 3.63) is 71.8 Å². The fourth-order valence-electron chi connectivity index (χ4n) is 3.29. The van der Waals surface area contributed by atoms with Crippen LogP contribution in [-0.2, 0) is 12.8 Å². The van der Waals surface area contributed by atoms with Crippen molar-refractivity contribution >= 4 is 0 Å². The van der Waals surface area contributed by atoms with E-state index in [-0.39, 0.29) is 0 Å². The molecule has 0 bridgehead atoms. The molecule has 21 heavy (non-hydrogen) atoms. The van der Waals surface area contributed by atoms with Gasteiger partial charge < -0.3 is 0 Å². The predicted molar refractivity (Wildman–Crippen MR) is 92.4 cm³/mol. The van der Waals surface area contributed by atoms with Crippen LogP contribution >= 0.6 is 0 Å². The lowest BCUT2D eigenvalue weighted by atomic mass is 9.76. The van der Waals surface area contributed by atoms with Crippen LogP contribution in [0.5, 0.6) is 0 Å². The zero-order valence-corrected chi connectivity index (χ0v) is 13.6. The molecule has 112 valence electrons. The average Bonchev–Trinajstić information content (AvgIpc) is 2.53. The van der Waals surface area contributed by atoms with Gasteiger partial charge in [-0.1, -0.05) is 87.9 Å². The van der Waals surface area contributed by atoms with Crippen molar-refractivity contribution < 1.29 is 0 Å². The van der Waals surface area contributed by atoms with E-state index in [1.165, 1.54) is 30.4 Å². The van der Waals surface area contributed by atoms with E-state index in [0.29, 0.717) is 5.92 Å². The Hall–Kier alpha value is -1.56. The van der Waals surface area contributed by atoms with Crippen LogP contribution < -0.4 is 0 Å². The van der Waals surface area contributed by atoms with Crippen LogP contribution in [0.2, 0.25) is 0 Å². The van der Waals surface area contributed by atoms with Gasteiger partial charge in [-0.05, 0) is 41.7 Å². The molecule has 0 aromatic heterocycles. The van der Waals surface area contributed by atoms with Crippen LogP contribution in [0.3, 0.4) is 0 Å². The van der Waals surface area contributed by atoms with E-state index in [2.05, 4.69) is 81.4 Å².